The van der Waals surface area contributed by atoms with Crippen molar-refractivity contribution in [2.75, 3.05) is 49.6 Å². The molecule has 1 saturated carbocycles. The van der Waals surface area contributed by atoms with Gasteiger partial charge < -0.3 is 25.6 Å². The molecule has 1 aromatic heterocycles. The van der Waals surface area contributed by atoms with Crippen molar-refractivity contribution < 1.29 is 22.7 Å². The van der Waals surface area contributed by atoms with Crippen molar-refractivity contribution >= 4 is 39.3 Å². The highest BCUT2D eigenvalue weighted by molar-refractivity contribution is 7.90. The summed E-state index contributed by atoms with van der Waals surface area (Å²) in [6.45, 7) is 3.16. The number of primary amides is 1. The van der Waals surface area contributed by atoms with E-state index in [-0.39, 0.29) is 34.7 Å². The number of carbonyl (C=O) groups is 2. The van der Waals surface area contributed by atoms with Gasteiger partial charge in [0.25, 0.3) is 11.8 Å². The minimum absolute atomic E-state index is 0.0735. The predicted octanol–water partition coefficient (Wildman–Crippen LogP) is 0.237. The summed E-state index contributed by atoms with van der Waals surface area (Å²) >= 11 is 0. The Morgan fingerprint density at radius 1 is 1.03 bits per heavy atom. The summed E-state index contributed by atoms with van der Waals surface area (Å²) in [4.78, 5) is 32.8. The molecule has 5 rings (SSSR count). The minimum Gasteiger partial charge on any atom is -0.378 e. The lowest BCUT2D eigenvalue weighted by atomic mass is 10.1. The van der Waals surface area contributed by atoms with Gasteiger partial charge in [0, 0.05) is 43.5 Å². The summed E-state index contributed by atoms with van der Waals surface area (Å²) in [7, 11) is -3.32. The lowest BCUT2D eigenvalue weighted by molar-refractivity contribution is 0.0303. The van der Waals surface area contributed by atoms with E-state index in [9.17, 15) is 18.0 Å². The predicted molar refractivity (Wildman–Crippen MR) is 135 cm³/mol. The molecule has 0 radical (unpaired) electrons. The van der Waals surface area contributed by atoms with Gasteiger partial charge in [-0.1, -0.05) is 0 Å². The Morgan fingerprint density at radius 3 is 2.43 bits per heavy atom. The first kappa shape index (κ1) is 25.3. The third-order valence-corrected chi connectivity index (χ3v) is 8.61. The van der Waals surface area contributed by atoms with Gasteiger partial charge in [-0.25, -0.2) is 13.1 Å². The molecule has 2 saturated heterocycles. The molecule has 3 aliphatic rings. The molecular weight excluding hydrogens is 500 g/mol. The lowest BCUT2D eigenvalue weighted by Gasteiger charge is -2.33. The molecule has 0 spiro atoms. The Kier molecular flexibility index (Phi) is 7.22. The van der Waals surface area contributed by atoms with Crippen LogP contribution in [0.15, 0.2) is 24.3 Å². The van der Waals surface area contributed by atoms with Crippen LogP contribution in [-0.2, 0) is 14.8 Å². The number of benzene rings is 1. The first-order valence-corrected chi connectivity index (χ1v) is 13.9. The van der Waals surface area contributed by atoms with E-state index in [4.69, 9.17) is 10.5 Å². The number of amides is 2. The van der Waals surface area contributed by atoms with Gasteiger partial charge in [-0.15, -0.1) is 10.2 Å². The molecule has 2 amide bonds. The monoisotopic (exact) mass is 530 g/mol. The summed E-state index contributed by atoms with van der Waals surface area (Å²) in [6, 6.07) is 6.56. The van der Waals surface area contributed by atoms with Crippen LogP contribution in [0, 0.1) is 0 Å². The van der Waals surface area contributed by atoms with Gasteiger partial charge in [-0.05, 0) is 49.9 Å². The zero-order valence-corrected chi connectivity index (χ0v) is 21.1. The van der Waals surface area contributed by atoms with Gasteiger partial charge >= 0.3 is 0 Å². The molecule has 0 bridgehead atoms. The Labute approximate surface area is 214 Å². The number of sulfonamides is 1. The molecule has 3 fully saturated rings. The summed E-state index contributed by atoms with van der Waals surface area (Å²) in [5.41, 5.74) is 6.50. The molecule has 2 aliphatic heterocycles. The number of hydrogen-bond donors (Lipinski definition) is 3. The molecule has 37 heavy (non-hydrogen) atoms. The van der Waals surface area contributed by atoms with E-state index in [1.807, 2.05) is 4.90 Å². The van der Waals surface area contributed by atoms with E-state index in [2.05, 4.69) is 25.2 Å². The van der Waals surface area contributed by atoms with Gasteiger partial charge in [-0.3, -0.25) is 9.59 Å². The Morgan fingerprint density at radius 2 is 1.76 bits per heavy atom. The topological polar surface area (TPSA) is 173 Å². The second-order valence-corrected chi connectivity index (χ2v) is 11.4. The van der Waals surface area contributed by atoms with Crippen molar-refractivity contribution in [2.24, 2.45) is 5.73 Å². The maximum Gasteiger partial charge on any atom is 0.273 e. The summed E-state index contributed by atoms with van der Waals surface area (Å²) in [5.74, 6) is -0.468. The van der Waals surface area contributed by atoms with Crippen molar-refractivity contribution in [3.63, 3.8) is 0 Å². The maximum atomic E-state index is 12.7. The fourth-order valence-corrected chi connectivity index (χ4v) is 6.05. The van der Waals surface area contributed by atoms with Gasteiger partial charge in [0.1, 0.15) is 0 Å². The fourth-order valence-electron chi connectivity index (χ4n) is 4.45. The van der Waals surface area contributed by atoms with E-state index in [0.717, 1.165) is 12.8 Å². The van der Waals surface area contributed by atoms with Crippen molar-refractivity contribution in [3.05, 3.63) is 35.5 Å². The van der Waals surface area contributed by atoms with Crippen LogP contribution >= 0.6 is 0 Å². The quantitative estimate of drug-likeness (QED) is 0.429. The van der Waals surface area contributed by atoms with Crippen LogP contribution in [-0.4, -0.2) is 91.0 Å². The number of ether oxygens (including phenoxy) is 1. The minimum atomic E-state index is -3.32. The molecule has 13 nitrogen and oxygen atoms in total. The third-order valence-electron chi connectivity index (χ3n) is 6.60. The van der Waals surface area contributed by atoms with E-state index < -0.39 is 15.9 Å². The Bertz CT molecular complexity index is 1260. The fraction of sp³-hybridized carbons (Fsp3) is 0.522. The van der Waals surface area contributed by atoms with Gasteiger partial charge in [0.2, 0.25) is 16.0 Å². The largest absolute Gasteiger partial charge is 0.378 e. The maximum absolute atomic E-state index is 12.7. The van der Waals surface area contributed by atoms with Crippen LogP contribution in [0.4, 0.5) is 17.5 Å². The van der Waals surface area contributed by atoms with Gasteiger partial charge in [0.15, 0.2) is 11.5 Å². The molecule has 3 heterocycles. The normalized spacial score (nSPS) is 20.5. The average molecular weight is 531 g/mol. The van der Waals surface area contributed by atoms with Crippen molar-refractivity contribution in [1.82, 2.24) is 24.8 Å². The molecule has 1 aliphatic carbocycles. The standard InChI is InChI=1S/C23H30N8O5S/c24-20(32)19-21(25-16-5-3-15(4-6-16)22(33)30-10-12-36-13-11-30)26-23(28-27-19)31-9-1-2-17(14-31)29-37(34,35)18-7-8-18/h3-6,17-18,29H,1-2,7-14H2,(H2,24,32)(H,25,26,28). The SMILES string of the molecule is NC(=O)c1nnc(N2CCCC(NS(=O)(=O)C3CC3)C2)nc1Nc1ccc(C(=O)N2CCOCC2)cc1. The number of morpholine rings is 1. The first-order chi connectivity index (χ1) is 17.8. The van der Waals surface area contributed by atoms with Crippen LogP contribution in [0.25, 0.3) is 0 Å². The lowest BCUT2D eigenvalue weighted by Crippen LogP contribution is -2.49. The molecule has 4 N–H and O–H groups in total. The molecule has 1 atom stereocenters. The van der Waals surface area contributed by atoms with Crippen molar-refractivity contribution in [2.45, 2.75) is 37.0 Å². The van der Waals surface area contributed by atoms with Crippen LogP contribution in [0.2, 0.25) is 0 Å². The molecular formula is C23H30N8O5S. The second kappa shape index (κ2) is 10.6. The molecule has 1 unspecified atom stereocenters. The smallest absolute Gasteiger partial charge is 0.273 e. The number of nitrogens with two attached hydrogens (primary N) is 1. The van der Waals surface area contributed by atoms with Crippen molar-refractivity contribution in [3.8, 4) is 0 Å². The first-order valence-electron chi connectivity index (χ1n) is 12.3. The van der Waals surface area contributed by atoms with Gasteiger partial charge in [-0.2, -0.15) is 4.98 Å². The van der Waals surface area contributed by atoms with Crippen LogP contribution in [0.1, 0.15) is 46.5 Å². The third kappa shape index (κ3) is 5.97. The number of rotatable bonds is 8. The highest BCUT2D eigenvalue weighted by atomic mass is 32.2. The summed E-state index contributed by atoms with van der Waals surface area (Å²) in [6.07, 6.45) is 2.87. The number of piperidine rings is 1. The summed E-state index contributed by atoms with van der Waals surface area (Å²) in [5, 5.41) is 10.8. The Hall–Kier alpha value is -3.36. The number of aromatic nitrogens is 3. The molecule has 198 valence electrons. The average Bonchev–Trinajstić information content (AvgIpc) is 3.76. The Balaban J connectivity index is 1.30. The zero-order chi connectivity index (χ0) is 26.0. The number of carbonyl (C=O) groups excluding carboxylic acids is 2. The van der Waals surface area contributed by atoms with Gasteiger partial charge in [0.05, 0.1) is 18.5 Å². The number of nitrogens with zero attached hydrogens (tertiary/aromatic N) is 5. The highest BCUT2D eigenvalue weighted by Crippen LogP contribution is 2.29. The molecule has 1 aromatic carbocycles. The molecule has 14 heteroatoms. The van der Waals surface area contributed by atoms with Crippen LogP contribution in [0.5, 0.6) is 0 Å². The van der Waals surface area contributed by atoms with Crippen LogP contribution in [0.3, 0.4) is 0 Å². The second-order valence-electron chi connectivity index (χ2n) is 9.43. The van der Waals surface area contributed by atoms with E-state index in [1.165, 1.54) is 0 Å². The molecule has 2 aromatic rings. The van der Waals surface area contributed by atoms with E-state index in [1.54, 1.807) is 29.2 Å². The summed E-state index contributed by atoms with van der Waals surface area (Å²) < 4.78 is 32.9. The number of hydrogen-bond acceptors (Lipinski definition) is 10. The van der Waals surface area contributed by atoms with E-state index >= 15 is 0 Å². The number of nitrogens with one attached hydrogen (secondary N) is 2. The van der Waals surface area contributed by atoms with E-state index in [0.29, 0.717) is 63.5 Å². The van der Waals surface area contributed by atoms with Crippen LogP contribution < -0.4 is 20.7 Å². The van der Waals surface area contributed by atoms with Crippen molar-refractivity contribution in [1.29, 1.82) is 0 Å². The number of anilines is 3. The zero-order valence-electron chi connectivity index (χ0n) is 20.3. The highest BCUT2D eigenvalue weighted by Gasteiger charge is 2.38.